The molecule has 2 bridgehead atoms. The van der Waals surface area contributed by atoms with Crippen LogP contribution in [0.2, 0.25) is 0 Å². The maximum atomic E-state index is 13.1. The zero-order chi connectivity index (χ0) is 17.3. The van der Waals surface area contributed by atoms with E-state index in [1.54, 1.807) is 30.3 Å². The molecule has 0 radical (unpaired) electrons. The molecule has 0 aromatic heterocycles. The van der Waals surface area contributed by atoms with Gasteiger partial charge in [-0.2, -0.15) is 0 Å². The molecule has 0 saturated heterocycles. The predicted molar refractivity (Wildman–Crippen MR) is 81.1 cm³/mol. The van der Waals surface area contributed by atoms with E-state index in [0.717, 1.165) is 0 Å². The molecule has 1 fully saturated rings. The zero-order valence-electron chi connectivity index (χ0n) is 13.0. The van der Waals surface area contributed by atoms with Gasteiger partial charge in [0.15, 0.2) is 0 Å². The van der Waals surface area contributed by atoms with Crippen LogP contribution in [0.3, 0.4) is 0 Å². The Balaban J connectivity index is 1.89. The van der Waals surface area contributed by atoms with Crippen molar-refractivity contribution < 1.29 is 24.6 Å². The van der Waals surface area contributed by atoms with Crippen LogP contribution in [0.4, 0.5) is 5.69 Å². The average molecular weight is 327 g/mol. The van der Waals surface area contributed by atoms with Crippen molar-refractivity contribution in [2.75, 3.05) is 11.4 Å². The maximum Gasteiger partial charge on any atom is 0.231 e. The van der Waals surface area contributed by atoms with Gasteiger partial charge in [-0.05, 0) is 30.4 Å². The number of para-hydroxylation sites is 1. The van der Waals surface area contributed by atoms with E-state index in [4.69, 9.17) is 0 Å². The summed E-state index contributed by atoms with van der Waals surface area (Å²) in [7, 11) is 0. The van der Waals surface area contributed by atoms with E-state index in [9.17, 15) is 24.6 Å². The van der Waals surface area contributed by atoms with E-state index in [1.807, 2.05) is 12.2 Å². The molecule has 2 aliphatic rings. The molecule has 2 aliphatic carbocycles. The number of hydrogen-bond donors (Lipinski definition) is 0. The molecule has 0 N–H and O–H groups in total. The summed E-state index contributed by atoms with van der Waals surface area (Å²) in [6.45, 7) is -0.0530. The van der Waals surface area contributed by atoms with Gasteiger partial charge in [0.05, 0.1) is 5.92 Å². The Hall–Kier alpha value is -2.63. The molecule has 1 amide bonds. The van der Waals surface area contributed by atoms with Crippen molar-refractivity contribution in [1.82, 2.24) is 0 Å². The van der Waals surface area contributed by atoms with Crippen LogP contribution in [0.5, 0.6) is 0 Å². The van der Waals surface area contributed by atoms with Crippen molar-refractivity contribution in [3.05, 3.63) is 42.5 Å². The van der Waals surface area contributed by atoms with Crippen LogP contribution in [-0.2, 0) is 14.4 Å². The summed E-state index contributed by atoms with van der Waals surface area (Å²) in [6, 6.07) is 8.67. The molecule has 4 atom stereocenters. The van der Waals surface area contributed by atoms with E-state index < -0.39 is 23.8 Å². The van der Waals surface area contributed by atoms with Crippen LogP contribution >= 0.6 is 0 Å². The number of amides is 1. The van der Waals surface area contributed by atoms with Crippen molar-refractivity contribution in [1.29, 1.82) is 0 Å². The summed E-state index contributed by atoms with van der Waals surface area (Å²) in [5, 5.41) is 22.3. The number of carbonyl (C=O) groups is 3. The lowest BCUT2D eigenvalue weighted by molar-refractivity contribution is -0.314. The number of carbonyl (C=O) groups excluding carboxylic acids is 3. The van der Waals surface area contributed by atoms with Gasteiger partial charge in [-0.25, -0.2) is 0 Å². The van der Waals surface area contributed by atoms with Gasteiger partial charge >= 0.3 is 0 Å². The molecule has 6 nitrogen and oxygen atoms in total. The number of carboxylic acid groups (broad SMARTS) is 2. The van der Waals surface area contributed by atoms with Gasteiger partial charge in [-0.3, -0.25) is 4.79 Å². The van der Waals surface area contributed by atoms with E-state index in [-0.39, 0.29) is 30.7 Å². The number of nitrogens with zero attached hydrogens (tertiary/aromatic N) is 1. The minimum atomic E-state index is -1.26. The highest BCUT2D eigenvalue weighted by Crippen LogP contribution is 2.48. The highest BCUT2D eigenvalue weighted by atomic mass is 16.4. The lowest BCUT2D eigenvalue weighted by Crippen LogP contribution is -2.47. The Labute approximate surface area is 139 Å². The van der Waals surface area contributed by atoms with E-state index in [1.165, 1.54) is 4.90 Å². The third-order valence-corrected chi connectivity index (χ3v) is 4.89. The highest BCUT2D eigenvalue weighted by Gasteiger charge is 2.49. The largest absolute Gasteiger partial charge is 0.550 e. The Morgan fingerprint density at radius 1 is 1.00 bits per heavy atom. The predicted octanol–water partition coefficient (Wildman–Crippen LogP) is -0.652. The van der Waals surface area contributed by atoms with Crippen molar-refractivity contribution in [3.63, 3.8) is 0 Å². The lowest BCUT2D eigenvalue weighted by atomic mass is 9.82. The molecule has 0 heterocycles. The second kappa shape index (κ2) is 6.47. The molecule has 3 rings (SSSR count). The Morgan fingerprint density at radius 3 is 2.21 bits per heavy atom. The number of anilines is 1. The van der Waals surface area contributed by atoms with Crippen molar-refractivity contribution in [3.8, 4) is 0 Å². The van der Waals surface area contributed by atoms with E-state index in [0.29, 0.717) is 12.1 Å². The number of allylic oxidation sites excluding steroid dienone is 2. The fraction of sp³-hybridized carbons (Fsp3) is 0.389. The number of carboxylic acids is 2. The number of benzene rings is 1. The molecular weight excluding hydrogens is 310 g/mol. The van der Waals surface area contributed by atoms with Gasteiger partial charge in [0.25, 0.3) is 0 Å². The molecule has 24 heavy (non-hydrogen) atoms. The van der Waals surface area contributed by atoms with Crippen molar-refractivity contribution in [2.45, 2.75) is 12.8 Å². The molecule has 1 saturated carbocycles. The zero-order valence-corrected chi connectivity index (χ0v) is 13.0. The first-order valence-electron chi connectivity index (χ1n) is 7.94. The second-order valence-corrected chi connectivity index (χ2v) is 6.27. The maximum absolute atomic E-state index is 13.1. The first-order chi connectivity index (χ1) is 11.5. The monoisotopic (exact) mass is 327 g/mol. The fourth-order valence-electron chi connectivity index (χ4n) is 3.84. The van der Waals surface area contributed by atoms with Crippen LogP contribution < -0.4 is 15.1 Å². The fourth-order valence-corrected chi connectivity index (χ4v) is 3.84. The summed E-state index contributed by atoms with van der Waals surface area (Å²) >= 11 is 0. The normalized spacial score (nSPS) is 27.2. The first kappa shape index (κ1) is 16.2. The van der Waals surface area contributed by atoms with Gasteiger partial charge < -0.3 is 24.7 Å². The Bertz CT molecular complexity index is 684. The molecule has 0 aliphatic heterocycles. The third kappa shape index (κ3) is 2.91. The smallest absolute Gasteiger partial charge is 0.231 e. The Morgan fingerprint density at radius 2 is 1.62 bits per heavy atom. The second-order valence-electron chi connectivity index (χ2n) is 6.27. The van der Waals surface area contributed by atoms with Crippen LogP contribution in [-0.4, -0.2) is 24.4 Å². The van der Waals surface area contributed by atoms with Gasteiger partial charge in [0.1, 0.15) is 0 Å². The van der Waals surface area contributed by atoms with Gasteiger partial charge in [-0.15, -0.1) is 0 Å². The third-order valence-electron chi connectivity index (χ3n) is 4.89. The molecule has 1 aromatic rings. The number of fused-ring (bicyclic) bond motifs is 2. The molecular formula is C18H17NO5-2. The minimum absolute atomic E-state index is 0.0530. The minimum Gasteiger partial charge on any atom is -0.550 e. The number of aliphatic carboxylic acids is 2. The lowest BCUT2D eigenvalue weighted by Gasteiger charge is -2.33. The summed E-state index contributed by atoms with van der Waals surface area (Å²) in [6.07, 6.45) is 4.03. The molecule has 126 valence electrons. The van der Waals surface area contributed by atoms with Gasteiger partial charge in [0, 0.05) is 36.5 Å². The van der Waals surface area contributed by atoms with Crippen LogP contribution in [0.15, 0.2) is 42.5 Å². The van der Waals surface area contributed by atoms with Gasteiger partial charge in [0.2, 0.25) is 5.91 Å². The van der Waals surface area contributed by atoms with E-state index in [2.05, 4.69) is 0 Å². The quantitative estimate of drug-likeness (QED) is 0.646. The van der Waals surface area contributed by atoms with Crippen LogP contribution in [0.1, 0.15) is 12.8 Å². The van der Waals surface area contributed by atoms with Gasteiger partial charge in [-0.1, -0.05) is 30.4 Å². The molecule has 0 spiro atoms. The number of rotatable bonds is 6. The Kier molecular flexibility index (Phi) is 4.38. The van der Waals surface area contributed by atoms with E-state index >= 15 is 0 Å². The SMILES string of the molecule is O=C([O-])CCN(C(=O)[C@@H]1[C@@H](C(=O)[O-])[C@H]2C=C[C@H]1C2)c1ccccc1. The molecule has 1 aromatic carbocycles. The average Bonchev–Trinajstić information content (AvgIpc) is 3.16. The molecule has 6 heteroatoms. The summed E-state index contributed by atoms with van der Waals surface area (Å²) in [5.41, 5.74) is 0.549. The van der Waals surface area contributed by atoms with Crippen LogP contribution in [0.25, 0.3) is 0 Å². The topological polar surface area (TPSA) is 101 Å². The van der Waals surface area contributed by atoms with Crippen molar-refractivity contribution >= 4 is 23.5 Å². The summed E-state index contributed by atoms with van der Waals surface area (Å²) in [4.78, 5) is 36.7. The summed E-state index contributed by atoms with van der Waals surface area (Å²) < 4.78 is 0. The summed E-state index contributed by atoms with van der Waals surface area (Å²) in [5.74, 6) is -4.75. The number of hydrogen-bond acceptors (Lipinski definition) is 5. The highest BCUT2D eigenvalue weighted by molar-refractivity contribution is 5.98. The standard InChI is InChI=1S/C18H19NO5/c20-14(21)8-9-19(13-4-2-1-3-5-13)17(22)15-11-6-7-12(10-11)16(15)18(23)24/h1-7,11-12,15-16H,8-10H2,(H,20,21)(H,23,24)/p-2/t11-,12-,15-,16-/m0/s1. The van der Waals surface area contributed by atoms with Crippen molar-refractivity contribution in [2.24, 2.45) is 23.7 Å². The molecule has 0 unspecified atom stereocenters. The first-order valence-corrected chi connectivity index (χ1v) is 7.94. The van der Waals surface area contributed by atoms with Crippen LogP contribution in [0, 0.1) is 23.7 Å².